The number of halogens is 1. The number of aromatic nitrogens is 3. The molecule has 0 aliphatic rings. The minimum Gasteiger partial charge on any atom is -0.387 e. The molecule has 3 aromatic rings. The van der Waals surface area contributed by atoms with Crippen molar-refractivity contribution in [3.63, 3.8) is 0 Å². The van der Waals surface area contributed by atoms with E-state index in [0.29, 0.717) is 22.6 Å². The fraction of sp³-hybridized carbons (Fsp3) is 0.304. The molecule has 0 aliphatic heterocycles. The van der Waals surface area contributed by atoms with Crippen LogP contribution in [0.5, 0.6) is 0 Å². The van der Waals surface area contributed by atoms with Crippen LogP contribution in [0.1, 0.15) is 36.7 Å². The quantitative estimate of drug-likeness (QED) is 0.492. The first-order valence-corrected chi connectivity index (χ1v) is 9.89. The molecule has 0 unspecified atom stereocenters. The Bertz CT molecular complexity index is 1230. The summed E-state index contributed by atoms with van der Waals surface area (Å²) in [6.45, 7) is 3.92. The van der Waals surface area contributed by atoms with E-state index in [1.807, 2.05) is 18.2 Å². The average molecular weight is 434 g/mol. The third-order valence-corrected chi connectivity index (χ3v) is 4.85. The molecule has 1 amide bonds. The number of fused-ring (bicyclic) bond motifs is 1. The highest BCUT2D eigenvalue weighted by Crippen LogP contribution is 2.26. The third kappa shape index (κ3) is 4.85. The molecule has 0 fully saturated rings. The van der Waals surface area contributed by atoms with Crippen LogP contribution in [0.3, 0.4) is 0 Å². The van der Waals surface area contributed by atoms with Gasteiger partial charge in [-0.05, 0) is 45.0 Å². The number of nitriles is 1. The van der Waals surface area contributed by atoms with E-state index in [1.54, 1.807) is 23.7 Å². The number of carbonyl (C=O) groups excluding carboxylic acids is 1. The highest BCUT2D eigenvalue weighted by molar-refractivity contribution is 6.00. The normalized spacial score (nSPS) is 13.1. The minimum absolute atomic E-state index is 0.141. The van der Waals surface area contributed by atoms with Gasteiger partial charge in [0.1, 0.15) is 12.2 Å². The molecule has 164 valence electrons. The van der Waals surface area contributed by atoms with E-state index in [4.69, 9.17) is 6.42 Å². The molecule has 8 nitrogen and oxygen atoms in total. The summed E-state index contributed by atoms with van der Waals surface area (Å²) in [5, 5.41) is 28.7. The zero-order valence-electron chi connectivity index (χ0n) is 17.9. The number of aliphatic hydroxyl groups is 1. The van der Waals surface area contributed by atoms with E-state index in [-0.39, 0.29) is 12.1 Å². The van der Waals surface area contributed by atoms with E-state index >= 15 is 0 Å². The maximum Gasteiger partial charge on any atom is 0.255 e. The maximum atomic E-state index is 14.0. The first kappa shape index (κ1) is 22.7. The number of carbonyl (C=O) groups is 1. The lowest BCUT2D eigenvalue weighted by Gasteiger charge is -2.22. The van der Waals surface area contributed by atoms with Gasteiger partial charge in [0.2, 0.25) is 0 Å². The predicted octanol–water partition coefficient (Wildman–Crippen LogP) is 2.54. The van der Waals surface area contributed by atoms with E-state index in [0.717, 1.165) is 5.52 Å². The summed E-state index contributed by atoms with van der Waals surface area (Å²) < 4.78 is 15.7. The fourth-order valence-corrected chi connectivity index (χ4v) is 2.96. The standard InChI is InChI=1S/C23H23FN6O2/c1-5-15-8-16-6-7-20(30(16)28-11-15)19-9-18(29-14(2)10-25)17(12-26-19)22(31)27-13-21(24)23(3,4)32/h1,6-9,11-12,14,21,32H,13H2,2-4H3,(H,26,29)(H,27,31)/t14-,21-/m1/s1. The van der Waals surface area contributed by atoms with Crippen LogP contribution >= 0.6 is 0 Å². The van der Waals surface area contributed by atoms with E-state index in [9.17, 15) is 19.6 Å². The number of amides is 1. The van der Waals surface area contributed by atoms with Crippen molar-refractivity contribution in [1.82, 2.24) is 19.9 Å². The van der Waals surface area contributed by atoms with E-state index < -0.39 is 23.7 Å². The van der Waals surface area contributed by atoms with Crippen molar-refractivity contribution in [3.8, 4) is 29.8 Å². The van der Waals surface area contributed by atoms with Crippen LogP contribution < -0.4 is 10.6 Å². The molecule has 0 saturated heterocycles. The van der Waals surface area contributed by atoms with Gasteiger partial charge in [-0.3, -0.25) is 9.78 Å². The Labute approximate surface area is 185 Å². The number of rotatable bonds is 7. The van der Waals surface area contributed by atoms with E-state index in [2.05, 4.69) is 32.7 Å². The number of nitrogens with one attached hydrogen (secondary N) is 2. The second-order valence-corrected chi connectivity index (χ2v) is 7.89. The molecule has 32 heavy (non-hydrogen) atoms. The maximum absolute atomic E-state index is 14.0. The summed E-state index contributed by atoms with van der Waals surface area (Å²) >= 11 is 0. The Hall–Kier alpha value is -3.95. The van der Waals surface area contributed by atoms with Gasteiger partial charge < -0.3 is 15.7 Å². The largest absolute Gasteiger partial charge is 0.387 e. The number of pyridine rings is 1. The second kappa shape index (κ2) is 9.04. The Balaban J connectivity index is 1.96. The minimum atomic E-state index is -1.65. The summed E-state index contributed by atoms with van der Waals surface area (Å²) in [6.07, 6.45) is 6.69. The monoisotopic (exact) mass is 434 g/mol. The fourth-order valence-electron chi connectivity index (χ4n) is 2.96. The molecule has 2 atom stereocenters. The molecule has 9 heteroatoms. The average Bonchev–Trinajstić information content (AvgIpc) is 3.19. The number of terminal acetylenes is 1. The summed E-state index contributed by atoms with van der Waals surface area (Å²) in [6, 6.07) is 8.56. The van der Waals surface area contributed by atoms with Crippen LogP contribution in [0.4, 0.5) is 10.1 Å². The number of alkyl halides is 1. The molecule has 0 bridgehead atoms. The summed E-state index contributed by atoms with van der Waals surface area (Å²) in [4.78, 5) is 17.1. The van der Waals surface area contributed by atoms with Gasteiger partial charge in [0.15, 0.2) is 0 Å². The smallest absolute Gasteiger partial charge is 0.255 e. The Kier molecular flexibility index (Phi) is 6.42. The first-order valence-electron chi connectivity index (χ1n) is 9.89. The predicted molar refractivity (Wildman–Crippen MR) is 119 cm³/mol. The van der Waals surface area contributed by atoms with Gasteiger partial charge in [0, 0.05) is 11.8 Å². The van der Waals surface area contributed by atoms with Gasteiger partial charge >= 0.3 is 0 Å². The zero-order valence-corrected chi connectivity index (χ0v) is 17.9. The van der Waals surface area contributed by atoms with Crippen molar-refractivity contribution < 1.29 is 14.3 Å². The molecule has 0 aromatic carbocycles. The Morgan fingerprint density at radius 2 is 2.12 bits per heavy atom. The van der Waals surface area contributed by atoms with E-state index in [1.165, 1.54) is 20.0 Å². The molecule has 0 saturated carbocycles. The van der Waals surface area contributed by atoms with Crippen molar-refractivity contribution in [2.45, 2.75) is 38.6 Å². The molecule has 3 N–H and O–H groups in total. The Morgan fingerprint density at radius 3 is 2.78 bits per heavy atom. The lowest BCUT2D eigenvalue weighted by atomic mass is 10.0. The van der Waals surface area contributed by atoms with Crippen LogP contribution in [0.25, 0.3) is 16.9 Å². The van der Waals surface area contributed by atoms with Gasteiger partial charge in [-0.15, -0.1) is 6.42 Å². The van der Waals surface area contributed by atoms with Crippen LogP contribution in [-0.4, -0.2) is 50.0 Å². The molecular weight excluding hydrogens is 411 g/mol. The van der Waals surface area contributed by atoms with Gasteiger partial charge in [-0.25, -0.2) is 8.91 Å². The van der Waals surface area contributed by atoms with Crippen LogP contribution in [0, 0.1) is 23.7 Å². The highest BCUT2D eigenvalue weighted by Gasteiger charge is 2.27. The van der Waals surface area contributed by atoms with Crippen LogP contribution in [0.2, 0.25) is 0 Å². The van der Waals surface area contributed by atoms with Crippen molar-refractivity contribution >= 4 is 17.1 Å². The molecule has 0 aliphatic carbocycles. The van der Waals surface area contributed by atoms with Crippen molar-refractivity contribution in [1.29, 1.82) is 5.26 Å². The first-order chi connectivity index (χ1) is 15.1. The van der Waals surface area contributed by atoms with Crippen molar-refractivity contribution in [3.05, 3.63) is 47.8 Å². The second-order valence-electron chi connectivity index (χ2n) is 7.89. The summed E-state index contributed by atoms with van der Waals surface area (Å²) in [5.41, 5.74) is 1.50. The molecule has 3 rings (SSSR count). The number of hydrogen-bond donors (Lipinski definition) is 3. The lowest BCUT2D eigenvalue weighted by Crippen LogP contribution is -2.42. The summed E-state index contributed by atoms with van der Waals surface area (Å²) in [5.74, 6) is 1.95. The zero-order chi connectivity index (χ0) is 23.5. The SMILES string of the molecule is C#Cc1cnn2c(-c3cc(N[C@H](C)C#N)c(C(=O)NC[C@@H](F)C(C)(C)O)cn3)ccc2c1. The number of nitrogens with zero attached hydrogens (tertiary/aromatic N) is 4. The molecular formula is C23H23FN6O2. The molecule has 0 radical (unpaired) electrons. The third-order valence-electron chi connectivity index (χ3n) is 4.85. The molecule has 3 aromatic heterocycles. The number of hydrogen-bond acceptors (Lipinski definition) is 6. The summed E-state index contributed by atoms with van der Waals surface area (Å²) in [7, 11) is 0. The van der Waals surface area contributed by atoms with Gasteiger partial charge in [0.25, 0.3) is 5.91 Å². The molecule has 3 heterocycles. The lowest BCUT2D eigenvalue weighted by molar-refractivity contribution is -0.00177. The van der Waals surface area contributed by atoms with Crippen molar-refractivity contribution in [2.75, 3.05) is 11.9 Å². The van der Waals surface area contributed by atoms with Crippen molar-refractivity contribution in [2.24, 2.45) is 0 Å². The van der Waals surface area contributed by atoms with Gasteiger partial charge in [-0.2, -0.15) is 10.4 Å². The van der Waals surface area contributed by atoms with Crippen LogP contribution in [0.15, 0.2) is 36.7 Å². The van der Waals surface area contributed by atoms with Crippen LogP contribution in [-0.2, 0) is 0 Å². The number of anilines is 1. The highest BCUT2D eigenvalue weighted by atomic mass is 19.1. The van der Waals surface area contributed by atoms with Gasteiger partial charge in [0.05, 0.1) is 52.6 Å². The Morgan fingerprint density at radius 1 is 1.38 bits per heavy atom. The topological polar surface area (TPSA) is 115 Å². The van der Waals surface area contributed by atoms with Gasteiger partial charge in [-0.1, -0.05) is 5.92 Å². The molecule has 0 spiro atoms.